The summed E-state index contributed by atoms with van der Waals surface area (Å²) in [6, 6.07) is 5.47. The van der Waals surface area contributed by atoms with Gasteiger partial charge in [-0.15, -0.1) is 0 Å². The van der Waals surface area contributed by atoms with E-state index in [0.717, 1.165) is 55.7 Å². The van der Waals surface area contributed by atoms with Crippen molar-refractivity contribution in [2.75, 3.05) is 24.5 Å². The SMILES string of the molecule is CCCNCc1cc(F)cc(N2CCC(C(C)C)CC2)c1. The topological polar surface area (TPSA) is 15.3 Å². The van der Waals surface area contributed by atoms with Crippen LogP contribution in [0.3, 0.4) is 0 Å². The number of nitrogens with one attached hydrogen (secondary N) is 1. The maximum Gasteiger partial charge on any atom is 0.125 e. The van der Waals surface area contributed by atoms with Gasteiger partial charge in [-0.3, -0.25) is 0 Å². The fourth-order valence-electron chi connectivity index (χ4n) is 3.15. The van der Waals surface area contributed by atoms with Crippen LogP contribution >= 0.6 is 0 Å². The van der Waals surface area contributed by atoms with E-state index in [0.29, 0.717) is 0 Å². The summed E-state index contributed by atoms with van der Waals surface area (Å²) in [6.45, 7) is 10.6. The summed E-state index contributed by atoms with van der Waals surface area (Å²) in [4.78, 5) is 2.34. The molecular weight excluding hydrogens is 263 g/mol. The highest BCUT2D eigenvalue weighted by Crippen LogP contribution is 2.28. The largest absolute Gasteiger partial charge is 0.371 e. The van der Waals surface area contributed by atoms with Crippen molar-refractivity contribution in [3.8, 4) is 0 Å². The van der Waals surface area contributed by atoms with Crippen LogP contribution in [0.4, 0.5) is 10.1 Å². The number of anilines is 1. The molecule has 1 fully saturated rings. The first-order valence-electron chi connectivity index (χ1n) is 8.35. The number of benzene rings is 1. The fourth-order valence-corrected chi connectivity index (χ4v) is 3.15. The zero-order valence-electron chi connectivity index (χ0n) is 13.7. The summed E-state index contributed by atoms with van der Waals surface area (Å²) >= 11 is 0. The normalized spacial score (nSPS) is 16.7. The smallest absolute Gasteiger partial charge is 0.125 e. The second-order valence-electron chi connectivity index (χ2n) is 6.56. The van der Waals surface area contributed by atoms with Crippen LogP contribution in [-0.2, 0) is 6.54 Å². The lowest BCUT2D eigenvalue weighted by atomic mass is 9.86. The maximum atomic E-state index is 13.8. The van der Waals surface area contributed by atoms with Gasteiger partial charge in [0.05, 0.1) is 0 Å². The van der Waals surface area contributed by atoms with E-state index in [4.69, 9.17) is 0 Å². The highest BCUT2D eigenvalue weighted by atomic mass is 19.1. The highest BCUT2D eigenvalue weighted by molar-refractivity contribution is 5.49. The van der Waals surface area contributed by atoms with Crippen molar-refractivity contribution < 1.29 is 4.39 Å². The van der Waals surface area contributed by atoms with Crippen LogP contribution in [0.25, 0.3) is 0 Å². The second-order valence-corrected chi connectivity index (χ2v) is 6.56. The molecule has 21 heavy (non-hydrogen) atoms. The van der Waals surface area contributed by atoms with Gasteiger partial charge in [-0.05, 0) is 61.4 Å². The van der Waals surface area contributed by atoms with Crippen LogP contribution in [0.2, 0.25) is 0 Å². The molecule has 2 rings (SSSR count). The number of piperidine rings is 1. The third kappa shape index (κ3) is 4.70. The first kappa shape index (κ1) is 16.3. The van der Waals surface area contributed by atoms with Gasteiger partial charge in [0.1, 0.15) is 5.82 Å². The van der Waals surface area contributed by atoms with E-state index >= 15 is 0 Å². The zero-order chi connectivity index (χ0) is 15.2. The van der Waals surface area contributed by atoms with Gasteiger partial charge in [-0.25, -0.2) is 4.39 Å². The number of rotatable bonds is 6. The van der Waals surface area contributed by atoms with Crippen molar-refractivity contribution in [3.05, 3.63) is 29.6 Å². The molecule has 1 saturated heterocycles. The summed E-state index contributed by atoms with van der Waals surface area (Å²) in [6.07, 6.45) is 3.54. The molecule has 0 unspecified atom stereocenters. The van der Waals surface area contributed by atoms with Gasteiger partial charge in [0.15, 0.2) is 0 Å². The molecule has 2 nitrogen and oxygen atoms in total. The minimum atomic E-state index is -0.119. The van der Waals surface area contributed by atoms with Crippen molar-refractivity contribution in [2.45, 2.75) is 46.6 Å². The molecule has 0 amide bonds. The average Bonchev–Trinajstić information content (AvgIpc) is 2.47. The Kier molecular flexibility index (Phi) is 6.04. The van der Waals surface area contributed by atoms with Gasteiger partial charge >= 0.3 is 0 Å². The highest BCUT2D eigenvalue weighted by Gasteiger charge is 2.22. The van der Waals surface area contributed by atoms with Gasteiger partial charge in [0.25, 0.3) is 0 Å². The van der Waals surface area contributed by atoms with Crippen LogP contribution in [-0.4, -0.2) is 19.6 Å². The van der Waals surface area contributed by atoms with Crippen molar-refractivity contribution in [2.24, 2.45) is 11.8 Å². The summed E-state index contributed by atoms with van der Waals surface area (Å²) in [7, 11) is 0. The van der Waals surface area contributed by atoms with Gasteiger partial charge in [0.2, 0.25) is 0 Å². The molecule has 0 saturated carbocycles. The average molecular weight is 292 g/mol. The Balaban J connectivity index is 1.99. The molecule has 0 aromatic heterocycles. The Bertz CT molecular complexity index is 437. The van der Waals surface area contributed by atoms with E-state index in [2.05, 4.69) is 37.1 Å². The Labute approximate surface area is 128 Å². The third-order valence-electron chi connectivity index (χ3n) is 4.55. The molecule has 1 aromatic carbocycles. The lowest BCUT2D eigenvalue weighted by Gasteiger charge is -2.35. The summed E-state index contributed by atoms with van der Waals surface area (Å²) in [5, 5.41) is 3.35. The molecule has 0 bridgehead atoms. The number of halogens is 1. The number of hydrogen-bond acceptors (Lipinski definition) is 2. The minimum absolute atomic E-state index is 0.119. The molecule has 3 heteroatoms. The van der Waals surface area contributed by atoms with E-state index in [1.807, 2.05) is 0 Å². The molecule has 1 aliphatic rings. The van der Waals surface area contributed by atoms with Gasteiger partial charge < -0.3 is 10.2 Å². The minimum Gasteiger partial charge on any atom is -0.371 e. The molecule has 0 atom stereocenters. The van der Waals surface area contributed by atoms with Gasteiger partial charge in [-0.1, -0.05) is 20.8 Å². The Morgan fingerprint density at radius 1 is 1.24 bits per heavy atom. The van der Waals surface area contributed by atoms with Crippen molar-refractivity contribution in [1.29, 1.82) is 0 Å². The van der Waals surface area contributed by atoms with Crippen LogP contribution in [0.15, 0.2) is 18.2 Å². The van der Waals surface area contributed by atoms with Gasteiger partial charge in [0, 0.05) is 25.3 Å². The van der Waals surface area contributed by atoms with Crippen molar-refractivity contribution in [3.63, 3.8) is 0 Å². The van der Waals surface area contributed by atoms with Gasteiger partial charge in [-0.2, -0.15) is 0 Å². The molecule has 1 aromatic rings. The Morgan fingerprint density at radius 3 is 2.57 bits per heavy atom. The summed E-state index contributed by atoms with van der Waals surface area (Å²) in [5.74, 6) is 1.46. The first-order chi connectivity index (χ1) is 10.1. The van der Waals surface area contributed by atoms with Crippen molar-refractivity contribution >= 4 is 5.69 Å². The Hall–Kier alpha value is -1.09. The molecule has 1 heterocycles. The molecule has 0 aliphatic carbocycles. The lowest BCUT2D eigenvalue weighted by Crippen LogP contribution is -2.35. The lowest BCUT2D eigenvalue weighted by molar-refractivity contribution is 0.311. The van der Waals surface area contributed by atoms with E-state index in [1.165, 1.54) is 12.8 Å². The first-order valence-corrected chi connectivity index (χ1v) is 8.35. The van der Waals surface area contributed by atoms with Crippen molar-refractivity contribution in [1.82, 2.24) is 5.32 Å². The molecular formula is C18H29FN2. The second kappa shape index (κ2) is 7.79. The monoisotopic (exact) mass is 292 g/mol. The van der Waals surface area contributed by atoms with E-state index in [9.17, 15) is 4.39 Å². The van der Waals surface area contributed by atoms with Crippen LogP contribution in [0.1, 0.15) is 45.6 Å². The van der Waals surface area contributed by atoms with Crippen LogP contribution in [0, 0.1) is 17.7 Å². The van der Waals surface area contributed by atoms with Crippen LogP contribution in [0.5, 0.6) is 0 Å². The summed E-state index contributed by atoms with van der Waals surface area (Å²) in [5.41, 5.74) is 2.09. The molecule has 0 radical (unpaired) electrons. The molecule has 0 spiro atoms. The predicted molar refractivity (Wildman–Crippen MR) is 88.2 cm³/mol. The zero-order valence-corrected chi connectivity index (χ0v) is 13.7. The maximum absolute atomic E-state index is 13.8. The number of hydrogen-bond donors (Lipinski definition) is 1. The molecule has 1 aliphatic heterocycles. The fraction of sp³-hybridized carbons (Fsp3) is 0.667. The third-order valence-corrected chi connectivity index (χ3v) is 4.55. The van der Waals surface area contributed by atoms with Crippen LogP contribution < -0.4 is 10.2 Å². The van der Waals surface area contributed by atoms with E-state index in [1.54, 1.807) is 12.1 Å². The standard InChI is InChI=1S/C18H29FN2/c1-4-7-20-13-15-10-17(19)12-18(11-15)21-8-5-16(6-9-21)14(2)3/h10-12,14,16,20H,4-9,13H2,1-3H3. The molecule has 118 valence electrons. The quantitative estimate of drug-likeness (QED) is 0.791. The molecule has 1 N–H and O–H groups in total. The summed E-state index contributed by atoms with van der Waals surface area (Å²) < 4.78 is 13.8. The number of nitrogens with zero attached hydrogens (tertiary/aromatic N) is 1. The van der Waals surface area contributed by atoms with E-state index < -0.39 is 0 Å². The predicted octanol–water partition coefficient (Wildman–Crippen LogP) is 4.20. The Morgan fingerprint density at radius 2 is 1.95 bits per heavy atom. The van der Waals surface area contributed by atoms with E-state index in [-0.39, 0.29) is 5.82 Å².